The van der Waals surface area contributed by atoms with Gasteiger partial charge in [-0.1, -0.05) is 132 Å². The second-order valence-corrected chi connectivity index (χ2v) is 22.7. The number of rotatable bonds is 39. The molecule has 0 bridgehead atoms. The molecule has 0 aliphatic rings. The summed E-state index contributed by atoms with van der Waals surface area (Å²) in [6, 6.07) is 49.5. The average Bonchev–Trinajstić information content (AvgIpc) is 3.72. The molecule has 0 aromatic heterocycles. The van der Waals surface area contributed by atoms with Crippen molar-refractivity contribution in [2.45, 2.75) is 116 Å². The van der Waals surface area contributed by atoms with E-state index in [9.17, 15) is 0 Å². The van der Waals surface area contributed by atoms with Gasteiger partial charge in [-0.15, -0.1) is 0 Å². The molecule has 0 heterocycles. The van der Waals surface area contributed by atoms with Crippen LogP contribution in [0.2, 0.25) is 0 Å². The Morgan fingerprint density at radius 3 is 0.805 bits per heavy atom. The molecule has 12 nitrogen and oxygen atoms in total. The maximum absolute atomic E-state index is 6.19. The number of ether oxygens (including phenoxy) is 9. The Morgan fingerprint density at radius 2 is 0.586 bits per heavy atom. The number of hydrogen-bond acceptors (Lipinski definition) is 12. The zero-order valence-corrected chi connectivity index (χ0v) is 55.0. The van der Waals surface area contributed by atoms with Gasteiger partial charge in [0.15, 0.2) is 0 Å². The first-order chi connectivity index (χ1) is 42.0. The maximum Gasteiger partial charge on any atom is 0.145 e. The van der Waals surface area contributed by atoms with E-state index in [0.717, 1.165) is 148 Å². The van der Waals surface area contributed by atoms with E-state index >= 15 is 0 Å². The molecular formula is C75H105N3O9. The molecule has 0 N–H and O–H groups in total. The third-order valence-corrected chi connectivity index (χ3v) is 14.0. The first-order valence-corrected chi connectivity index (χ1v) is 31.0. The van der Waals surface area contributed by atoms with Gasteiger partial charge in [0.2, 0.25) is 0 Å². The number of nitrogens with zero attached hydrogens (tertiary/aromatic N) is 3. The third-order valence-electron chi connectivity index (χ3n) is 14.0. The number of aryl methyl sites for hydroxylation is 6. The summed E-state index contributed by atoms with van der Waals surface area (Å²) in [5.41, 5.74) is 7.47. The van der Waals surface area contributed by atoms with Gasteiger partial charge in [0, 0.05) is 38.9 Å². The van der Waals surface area contributed by atoms with Gasteiger partial charge in [-0.05, 0) is 188 Å². The van der Waals surface area contributed by atoms with Crippen molar-refractivity contribution in [2.75, 3.05) is 103 Å². The topological polar surface area (TPSA) is 92.8 Å². The number of para-hydroxylation sites is 3. The fourth-order valence-corrected chi connectivity index (χ4v) is 9.63. The summed E-state index contributed by atoms with van der Waals surface area (Å²) >= 11 is 0. The Hall–Kier alpha value is -7.38. The summed E-state index contributed by atoms with van der Waals surface area (Å²) in [6.07, 6.45) is 11.2. The van der Waals surface area contributed by atoms with Gasteiger partial charge in [0.1, 0.15) is 72.6 Å². The maximum atomic E-state index is 6.19. The van der Waals surface area contributed by atoms with Crippen LogP contribution in [-0.2, 0) is 52.7 Å². The van der Waals surface area contributed by atoms with E-state index in [1.165, 1.54) is 33.4 Å². The van der Waals surface area contributed by atoms with Crippen molar-refractivity contribution in [3.63, 3.8) is 0 Å². The van der Waals surface area contributed by atoms with Gasteiger partial charge in [-0.25, -0.2) is 0 Å². The monoisotopic (exact) mass is 1190 g/mol. The minimum atomic E-state index is -0.0429. The van der Waals surface area contributed by atoms with Crippen molar-refractivity contribution in [1.82, 2.24) is 14.7 Å². The minimum Gasteiger partial charge on any atom is -0.497 e. The van der Waals surface area contributed by atoms with Crippen LogP contribution in [0, 0.1) is 0 Å². The Morgan fingerprint density at radius 1 is 0.345 bits per heavy atom. The van der Waals surface area contributed by atoms with Crippen molar-refractivity contribution in [3.8, 4) is 34.5 Å². The molecule has 0 fully saturated rings. The van der Waals surface area contributed by atoms with E-state index in [1.54, 1.807) is 21.3 Å². The first kappa shape index (κ1) is 72.1. The van der Waals surface area contributed by atoms with Crippen molar-refractivity contribution in [2.24, 2.45) is 0 Å². The molecule has 6 rings (SSSR count). The summed E-state index contributed by atoms with van der Waals surface area (Å²) in [6.45, 7) is 22.4. The van der Waals surface area contributed by atoms with Crippen LogP contribution in [0.15, 0.2) is 183 Å². The molecule has 87 heavy (non-hydrogen) atoms. The number of benzene rings is 6. The lowest BCUT2D eigenvalue weighted by molar-refractivity contribution is 0.0455. The van der Waals surface area contributed by atoms with E-state index < -0.39 is 0 Å². The molecule has 0 aliphatic heterocycles. The lowest BCUT2D eigenvalue weighted by Crippen LogP contribution is -2.33. The second kappa shape index (κ2) is 41.7. The third kappa shape index (κ3) is 29.7. The van der Waals surface area contributed by atoms with Crippen molar-refractivity contribution in [3.05, 3.63) is 216 Å². The lowest BCUT2D eigenvalue weighted by atomic mass is 10.0. The Balaban J connectivity index is 0.000000279. The van der Waals surface area contributed by atoms with Crippen molar-refractivity contribution in [1.29, 1.82) is 0 Å². The van der Waals surface area contributed by atoms with E-state index in [0.29, 0.717) is 19.8 Å². The molecule has 1 unspecified atom stereocenters. The zero-order chi connectivity index (χ0) is 63.2. The molecule has 474 valence electrons. The highest BCUT2D eigenvalue weighted by atomic mass is 16.5. The van der Waals surface area contributed by atoms with Crippen molar-refractivity contribution < 1.29 is 42.6 Å². The van der Waals surface area contributed by atoms with Crippen LogP contribution in [-0.4, -0.2) is 136 Å². The molecule has 0 amide bonds. The highest BCUT2D eigenvalue weighted by Gasteiger charge is 2.18. The molecular weight excluding hydrogens is 1090 g/mol. The lowest BCUT2D eigenvalue weighted by Gasteiger charge is -2.24. The van der Waals surface area contributed by atoms with E-state index in [4.69, 9.17) is 42.6 Å². The highest BCUT2D eigenvalue weighted by Crippen LogP contribution is 2.26. The molecule has 12 heteroatoms. The van der Waals surface area contributed by atoms with Crippen LogP contribution >= 0.6 is 0 Å². The van der Waals surface area contributed by atoms with Crippen molar-refractivity contribution >= 4 is 0 Å². The van der Waals surface area contributed by atoms with Gasteiger partial charge in [-0.2, -0.15) is 0 Å². The molecule has 0 saturated carbocycles. The quantitative estimate of drug-likeness (QED) is 0.0344. The van der Waals surface area contributed by atoms with E-state index in [1.807, 2.05) is 115 Å². The van der Waals surface area contributed by atoms with Gasteiger partial charge in [-0.3, -0.25) is 0 Å². The molecule has 6 aromatic carbocycles. The van der Waals surface area contributed by atoms with Crippen LogP contribution in [0.3, 0.4) is 0 Å². The molecule has 0 saturated heterocycles. The average molecular weight is 1190 g/mol. The van der Waals surface area contributed by atoms with Gasteiger partial charge in [0.05, 0.1) is 38.6 Å². The van der Waals surface area contributed by atoms with Gasteiger partial charge < -0.3 is 57.3 Å². The van der Waals surface area contributed by atoms with E-state index in [-0.39, 0.29) is 18.3 Å². The largest absolute Gasteiger partial charge is 0.497 e. The summed E-state index contributed by atoms with van der Waals surface area (Å²) in [5.74, 6) is 7.91. The van der Waals surface area contributed by atoms with Crippen LogP contribution in [0.1, 0.15) is 92.7 Å². The second-order valence-electron chi connectivity index (χ2n) is 22.7. The predicted molar refractivity (Wildman–Crippen MR) is 359 cm³/mol. The zero-order valence-electron chi connectivity index (χ0n) is 55.0. The SMILES string of the molecule is C=C(CCC)OC(COc1ccccc1CCc1ccc(OC)cc1)CN(C)C.C=C(CCC)O[C@@H](COc1ccccc1CCc1ccc(OC)cc1)CN(C)C.C=C(CCC)O[C@H](COc1ccccc1CCc1ccc(OC)cc1)CN(C)C. The molecule has 0 aliphatic carbocycles. The predicted octanol–water partition coefficient (Wildman–Crippen LogP) is 15.4. The summed E-state index contributed by atoms with van der Waals surface area (Å²) in [5, 5.41) is 0. The van der Waals surface area contributed by atoms with Gasteiger partial charge in [0.25, 0.3) is 0 Å². The van der Waals surface area contributed by atoms with Gasteiger partial charge >= 0.3 is 0 Å². The summed E-state index contributed by atoms with van der Waals surface area (Å²) in [7, 11) is 17.3. The minimum absolute atomic E-state index is 0.0429. The molecule has 0 spiro atoms. The Labute approximate surface area is 524 Å². The number of hydrogen-bond donors (Lipinski definition) is 0. The smallest absolute Gasteiger partial charge is 0.145 e. The molecule has 3 atom stereocenters. The number of methoxy groups -OCH3 is 3. The van der Waals surface area contributed by atoms with Crippen LogP contribution in [0.25, 0.3) is 0 Å². The summed E-state index contributed by atoms with van der Waals surface area (Å²) in [4.78, 5) is 6.34. The number of likely N-dealkylation sites (N-methyl/N-ethyl adjacent to an activating group) is 3. The van der Waals surface area contributed by atoms with Crippen LogP contribution in [0.5, 0.6) is 34.5 Å². The van der Waals surface area contributed by atoms with E-state index in [2.05, 4.69) is 128 Å². The fourth-order valence-electron chi connectivity index (χ4n) is 9.63. The first-order valence-electron chi connectivity index (χ1n) is 31.0. The Bertz CT molecular complexity index is 2530. The fraction of sp³-hybridized carbons (Fsp3) is 0.440. The standard InChI is InChI=1S/3C25H35NO3/c3*1-6-9-20(2)29-24(18-26(3)4)19-28-25-11-8-7-10-22(25)15-12-21-13-16-23(27-5)17-14-21/h3*7-8,10-11,13-14,16-17,24H,2,6,9,12,15,18-19H2,1,3-5H3/t2*24-;/m10./s1. The Kier molecular flexibility index (Phi) is 34.5. The highest BCUT2D eigenvalue weighted by molar-refractivity contribution is 5.38. The molecule has 0 radical (unpaired) electrons. The number of allylic oxidation sites excluding steroid dienone is 3. The molecule has 6 aromatic rings. The normalized spacial score (nSPS) is 11.9. The van der Waals surface area contributed by atoms with Crippen LogP contribution < -0.4 is 28.4 Å². The van der Waals surface area contributed by atoms with Crippen LogP contribution in [0.4, 0.5) is 0 Å². The summed E-state index contributed by atoms with van der Waals surface area (Å²) < 4.78 is 52.4.